The third-order valence-corrected chi connectivity index (χ3v) is 5.25. The van der Waals surface area contributed by atoms with Gasteiger partial charge in [-0.05, 0) is 56.2 Å². The maximum atomic E-state index is 10.2. The van der Waals surface area contributed by atoms with E-state index in [1.807, 2.05) is 43.5 Å². The first-order valence-corrected chi connectivity index (χ1v) is 12.4. The van der Waals surface area contributed by atoms with Gasteiger partial charge < -0.3 is 15.7 Å². The van der Waals surface area contributed by atoms with Gasteiger partial charge in [-0.2, -0.15) is 0 Å². The van der Waals surface area contributed by atoms with Crippen molar-refractivity contribution >= 4 is 29.0 Å². The molecule has 0 radical (unpaired) electrons. The Labute approximate surface area is 215 Å². The lowest BCUT2D eigenvalue weighted by Crippen LogP contribution is -2.19. The molecule has 0 unspecified atom stereocenters. The van der Waals surface area contributed by atoms with Crippen LogP contribution in [-0.2, 0) is 0 Å². The van der Waals surface area contributed by atoms with Gasteiger partial charge in [-0.15, -0.1) is 0 Å². The molecule has 0 saturated heterocycles. The number of aliphatic hydroxyl groups excluding tert-OH is 1. The fourth-order valence-corrected chi connectivity index (χ4v) is 3.53. The molecule has 34 heavy (non-hydrogen) atoms. The first-order chi connectivity index (χ1) is 16.4. The van der Waals surface area contributed by atoms with Crippen molar-refractivity contribution in [3.8, 4) is 0 Å². The van der Waals surface area contributed by atoms with Crippen LogP contribution in [0.1, 0.15) is 58.4 Å². The minimum Gasteiger partial charge on any atom is -0.508 e. The van der Waals surface area contributed by atoms with E-state index >= 15 is 0 Å². The first kappa shape index (κ1) is 29.3. The summed E-state index contributed by atoms with van der Waals surface area (Å²) >= 11 is 12.7. The number of benzene rings is 1. The Morgan fingerprint density at radius 2 is 1.85 bits per heavy atom. The molecule has 0 bridgehead atoms. The van der Waals surface area contributed by atoms with E-state index in [0.717, 1.165) is 43.5 Å². The van der Waals surface area contributed by atoms with Crippen molar-refractivity contribution in [2.75, 3.05) is 6.54 Å². The molecule has 0 atom stereocenters. The zero-order valence-corrected chi connectivity index (χ0v) is 22.0. The molecule has 1 aromatic carbocycles. The summed E-state index contributed by atoms with van der Waals surface area (Å²) in [6, 6.07) is 5.38. The summed E-state index contributed by atoms with van der Waals surface area (Å²) in [5, 5.41) is 17.7. The SMILES string of the molecule is C=C(C/C=C/N=C(N/C=C/CC)c1c(Cl)cccc1Cl)NCC/C=C/C(O)=C(\C=C/C)CCC. The number of allylic oxidation sites excluding steroid dienone is 6. The van der Waals surface area contributed by atoms with Crippen LogP contribution in [0.2, 0.25) is 10.0 Å². The van der Waals surface area contributed by atoms with Gasteiger partial charge in [0.1, 0.15) is 11.6 Å². The predicted molar refractivity (Wildman–Crippen MR) is 150 cm³/mol. The average molecular weight is 503 g/mol. The topological polar surface area (TPSA) is 56.7 Å². The molecular weight excluding hydrogens is 465 g/mol. The summed E-state index contributed by atoms with van der Waals surface area (Å²) in [5.74, 6) is 0.907. The highest BCUT2D eigenvalue weighted by Crippen LogP contribution is 2.24. The molecule has 0 heterocycles. The monoisotopic (exact) mass is 501 g/mol. The summed E-state index contributed by atoms with van der Waals surface area (Å²) in [5.41, 5.74) is 2.51. The number of nitrogens with zero attached hydrogens (tertiary/aromatic N) is 1. The maximum absolute atomic E-state index is 10.2. The summed E-state index contributed by atoms with van der Waals surface area (Å²) < 4.78 is 0. The molecule has 1 rings (SSSR count). The Morgan fingerprint density at radius 3 is 2.50 bits per heavy atom. The summed E-state index contributed by atoms with van der Waals surface area (Å²) in [7, 11) is 0. The highest BCUT2D eigenvalue weighted by molar-refractivity contribution is 6.40. The van der Waals surface area contributed by atoms with Gasteiger partial charge in [0.05, 0.1) is 15.6 Å². The molecule has 0 aliphatic heterocycles. The molecule has 0 aliphatic rings. The summed E-state index contributed by atoms with van der Waals surface area (Å²) in [6.07, 6.45) is 19.3. The Kier molecular flexibility index (Phi) is 15.3. The Bertz CT molecular complexity index is 936. The maximum Gasteiger partial charge on any atom is 0.140 e. The van der Waals surface area contributed by atoms with Crippen LogP contribution in [0.5, 0.6) is 0 Å². The van der Waals surface area contributed by atoms with Crippen LogP contribution in [0.3, 0.4) is 0 Å². The number of rotatable bonds is 14. The molecule has 0 aromatic heterocycles. The largest absolute Gasteiger partial charge is 0.508 e. The molecule has 0 amide bonds. The van der Waals surface area contributed by atoms with Crippen molar-refractivity contribution in [3.05, 3.63) is 106 Å². The Morgan fingerprint density at radius 1 is 1.12 bits per heavy atom. The van der Waals surface area contributed by atoms with Gasteiger partial charge in [0.15, 0.2) is 0 Å². The van der Waals surface area contributed by atoms with Crippen LogP contribution in [0.25, 0.3) is 0 Å². The standard InChI is InChI=1S/C28H37Cl2N3O/c1-5-8-19-32-28(27-24(29)16-11-17-25(27)30)33-21-12-15-22(4)31-20-10-9-18-26(34)23(13-6-2)14-7-3/h6,8-9,11-13,16-19,21,31,34H,4-5,7,10,14-15,20H2,1-3H3,(H,32,33)/b13-6-,18-9+,19-8+,21-12+,26-23-. The molecule has 6 heteroatoms. The third kappa shape index (κ3) is 11.4. The molecular formula is C28H37Cl2N3O. The van der Waals surface area contributed by atoms with E-state index in [1.165, 1.54) is 0 Å². The first-order valence-electron chi connectivity index (χ1n) is 11.7. The number of hydrogen-bond acceptors (Lipinski definition) is 3. The molecule has 1 aromatic rings. The highest BCUT2D eigenvalue weighted by atomic mass is 35.5. The molecule has 0 spiro atoms. The second-order valence-electron chi connectivity index (χ2n) is 7.50. The van der Waals surface area contributed by atoms with Crippen LogP contribution in [-0.4, -0.2) is 17.5 Å². The smallest absolute Gasteiger partial charge is 0.140 e. The van der Waals surface area contributed by atoms with Gasteiger partial charge in [-0.3, -0.25) is 0 Å². The summed E-state index contributed by atoms with van der Waals surface area (Å²) in [4.78, 5) is 4.52. The van der Waals surface area contributed by atoms with Crippen molar-refractivity contribution in [2.24, 2.45) is 4.99 Å². The van der Waals surface area contributed by atoms with Crippen molar-refractivity contribution in [1.82, 2.24) is 10.6 Å². The van der Waals surface area contributed by atoms with E-state index < -0.39 is 0 Å². The molecule has 4 nitrogen and oxygen atoms in total. The van der Waals surface area contributed by atoms with Gasteiger partial charge in [0, 0.05) is 24.9 Å². The van der Waals surface area contributed by atoms with Crippen LogP contribution in [0.4, 0.5) is 0 Å². The van der Waals surface area contributed by atoms with Crippen molar-refractivity contribution < 1.29 is 5.11 Å². The molecule has 0 saturated carbocycles. The van der Waals surface area contributed by atoms with Gasteiger partial charge in [-0.1, -0.05) is 86.5 Å². The van der Waals surface area contributed by atoms with E-state index in [2.05, 4.69) is 36.1 Å². The van der Waals surface area contributed by atoms with E-state index in [-0.39, 0.29) is 0 Å². The van der Waals surface area contributed by atoms with Crippen LogP contribution in [0, 0.1) is 0 Å². The van der Waals surface area contributed by atoms with E-state index in [4.69, 9.17) is 23.2 Å². The lowest BCUT2D eigenvalue weighted by atomic mass is 10.1. The minimum atomic E-state index is 0.330. The van der Waals surface area contributed by atoms with E-state index in [1.54, 1.807) is 30.5 Å². The lowest BCUT2D eigenvalue weighted by Gasteiger charge is -2.10. The Hall–Kier alpha value is -2.69. The van der Waals surface area contributed by atoms with Gasteiger partial charge in [0.2, 0.25) is 0 Å². The second kappa shape index (κ2) is 17.7. The van der Waals surface area contributed by atoms with Gasteiger partial charge >= 0.3 is 0 Å². The lowest BCUT2D eigenvalue weighted by molar-refractivity contribution is 0.424. The molecule has 0 fully saturated rings. The fraction of sp³-hybridized carbons (Fsp3) is 0.321. The minimum absolute atomic E-state index is 0.330. The number of halogens is 2. The van der Waals surface area contributed by atoms with Crippen molar-refractivity contribution in [1.29, 1.82) is 0 Å². The Balaban J connectivity index is 2.63. The van der Waals surface area contributed by atoms with Crippen molar-refractivity contribution in [3.63, 3.8) is 0 Å². The van der Waals surface area contributed by atoms with E-state index in [0.29, 0.717) is 33.6 Å². The van der Waals surface area contributed by atoms with Crippen molar-refractivity contribution in [2.45, 2.75) is 52.9 Å². The third-order valence-electron chi connectivity index (χ3n) is 4.62. The quantitative estimate of drug-likeness (QED) is 0.0787. The normalized spacial score (nSPS) is 13.4. The van der Waals surface area contributed by atoms with E-state index in [9.17, 15) is 5.11 Å². The number of aliphatic hydroxyl groups is 1. The summed E-state index contributed by atoms with van der Waals surface area (Å²) in [6.45, 7) is 10.9. The second-order valence-corrected chi connectivity index (χ2v) is 8.31. The zero-order valence-electron chi connectivity index (χ0n) is 20.5. The predicted octanol–water partition coefficient (Wildman–Crippen LogP) is 8.40. The highest BCUT2D eigenvalue weighted by Gasteiger charge is 2.11. The number of aliphatic imine (C=N–C) groups is 1. The van der Waals surface area contributed by atoms with Crippen LogP contribution in [0.15, 0.2) is 95.7 Å². The van der Waals surface area contributed by atoms with Gasteiger partial charge in [-0.25, -0.2) is 4.99 Å². The number of amidine groups is 1. The van der Waals surface area contributed by atoms with Crippen LogP contribution < -0.4 is 10.6 Å². The fourth-order valence-electron chi connectivity index (χ4n) is 2.95. The molecule has 0 aliphatic carbocycles. The molecule has 184 valence electrons. The molecule has 3 N–H and O–H groups in total. The van der Waals surface area contributed by atoms with Crippen LogP contribution >= 0.6 is 23.2 Å². The average Bonchev–Trinajstić information content (AvgIpc) is 2.80. The zero-order chi connectivity index (χ0) is 25.2. The van der Waals surface area contributed by atoms with Gasteiger partial charge in [0.25, 0.3) is 0 Å². The number of hydrogen-bond donors (Lipinski definition) is 3. The number of nitrogens with one attached hydrogen (secondary N) is 2.